The van der Waals surface area contributed by atoms with Gasteiger partial charge in [0.15, 0.2) is 0 Å². The number of hydrogen-bond acceptors (Lipinski definition) is 4. The fourth-order valence-corrected chi connectivity index (χ4v) is 3.27. The molecule has 0 unspecified atom stereocenters. The molecule has 1 aliphatic rings. The third-order valence-corrected chi connectivity index (χ3v) is 4.83. The first-order valence-electron chi connectivity index (χ1n) is 9.18. The van der Waals surface area contributed by atoms with E-state index in [1.54, 1.807) is 12.1 Å². The topological polar surface area (TPSA) is 55.8 Å². The van der Waals surface area contributed by atoms with Gasteiger partial charge in [0.1, 0.15) is 5.75 Å². The van der Waals surface area contributed by atoms with Crippen molar-refractivity contribution in [3.8, 4) is 5.75 Å². The highest BCUT2D eigenvalue weighted by Gasteiger charge is 2.17. The van der Waals surface area contributed by atoms with Gasteiger partial charge in [0.25, 0.3) is 5.91 Å². The minimum atomic E-state index is -0.217. The predicted octanol–water partition coefficient (Wildman–Crippen LogP) is 2.25. The van der Waals surface area contributed by atoms with Gasteiger partial charge < -0.3 is 10.4 Å². The zero-order valence-electron chi connectivity index (χ0n) is 15.3. The van der Waals surface area contributed by atoms with Gasteiger partial charge in [-0.1, -0.05) is 36.4 Å². The molecule has 0 atom stereocenters. The van der Waals surface area contributed by atoms with Crippen LogP contribution in [0.2, 0.25) is 0 Å². The smallest absolute Gasteiger partial charge is 0.255 e. The number of nitrogens with zero attached hydrogens (tertiary/aromatic N) is 2. The number of benzene rings is 2. The zero-order valence-corrected chi connectivity index (χ0v) is 15.3. The standard InChI is InChI=1S/C21H27N3O2/c1-17-7-8-19(20(25)15-17)21(26)22-9-10-23-11-13-24(14-12-23)16-18-5-3-2-4-6-18/h2-8,15,25H,9-14,16H2,1H3,(H,22,26). The number of nitrogens with one attached hydrogen (secondary N) is 1. The number of aromatic hydroxyl groups is 1. The van der Waals surface area contributed by atoms with E-state index in [1.807, 2.05) is 19.1 Å². The summed E-state index contributed by atoms with van der Waals surface area (Å²) in [6.45, 7) is 8.42. The van der Waals surface area contributed by atoms with E-state index in [4.69, 9.17) is 0 Å². The van der Waals surface area contributed by atoms with Gasteiger partial charge in [-0.15, -0.1) is 0 Å². The van der Waals surface area contributed by atoms with Gasteiger partial charge in [0.2, 0.25) is 0 Å². The van der Waals surface area contributed by atoms with E-state index < -0.39 is 0 Å². The molecule has 1 aliphatic heterocycles. The Morgan fingerprint density at radius 2 is 1.73 bits per heavy atom. The Morgan fingerprint density at radius 1 is 1.04 bits per heavy atom. The van der Waals surface area contributed by atoms with Crippen molar-refractivity contribution < 1.29 is 9.90 Å². The lowest BCUT2D eigenvalue weighted by Crippen LogP contribution is -2.48. The molecule has 0 saturated carbocycles. The van der Waals surface area contributed by atoms with E-state index in [0.717, 1.165) is 44.8 Å². The lowest BCUT2D eigenvalue weighted by molar-refractivity contribution is 0.0931. The molecule has 138 valence electrons. The molecular weight excluding hydrogens is 326 g/mol. The second-order valence-corrected chi connectivity index (χ2v) is 6.88. The van der Waals surface area contributed by atoms with Crippen LogP contribution in [0.5, 0.6) is 5.75 Å². The molecule has 1 amide bonds. The highest BCUT2D eigenvalue weighted by atomic mass is 16.3. The second-order valence-electron chi connectivity index (χ2n) is 6.88. The number of phenolic OH excluding ortho intramolecular Hbond substituents is 1. The van der Waals surface area contributed by atoms with Crippen molar-refractivity contribution in [3.63, 3.8) is 0 Å². The molecule has 1 saturated heterocycles. The SMILES string of the molecule is Cc1ccc(C(=O)NCCN2CCN(Cc3ccccc3)CC2)c(O)c1. The van der Waals surface area contributed by atoms with Crippen molar-refractivity contribution in [2.45, 2.75) is 13.5 Å². The maximum Gasteiger partial charge on any atom is 0.255 e. The van der Waals surface area contributed by atoms with Crippen LogP contribution in [0.1, 0.15) is 21.5 Å². The normalized spacial score (nSPS) is 15.7. The fourth-order valence-electron chi connectivity index (χ4n) is 3.27. The molecule has 0 bridgehead atoms. The lowest BCUT2D eigenvalue weighted by Gasteiger charge is -2.34. The average molecular weight is 353 g/mol. The predicted molar refractivity (Wildman–Crippen MR) is 103 cm³/mol. The summed E-state index contributed by atoms with van der Waals surface area (Å²) in [6.07, 6.45) is 0. The molecule has 1 fully saturated rings. The average Bonchev–Trinajstić information content (AvgIpc) is 2.64. The molecule has 2 aromatic carbocycles. The van der Waals surface area contributed by atoms with E-state index in [9.17, 15) is 9.90 Å². The second kappa shape index (κ2) is 8.83. The molecule has 26 heavy (non-hydrogen) atoms. The summed E-state index contributed by atoms with van der Waals surface area (Å²) < 4.78 is 0. The molecule has 0 spiro atoms. The lowest BCUT2D eigenvalue weighted by atomic mass is 10.1. The number of hydrogen-bond donors (Lipinski definition) is 2. The van der Waals surface area contributed by atoms with Crippen molar-refractivity contribution in [2.75, 3.05) is 39.3 Å². The Balaban J connectivity index is 1.38. The summed E-state index contributed by atoms with van der Waals surface area (Å²) >= 11 is 0. The van der Waals surface area contributed by atoms with Gasteiger partial charge in [0, 0.05) is 45.8 Å². The van der Waals surface area contributed by atoms with Gasteiger partial charge in [-0.3, -0.25) is 14.6 Å². The summed E-state index contributed by atoms with van der Waals surface area (Å²) in [6, 6.07) is 15.7. The van der Waals surface area contributed by atoms with Crippen molar-refractivity contribution >= 4 is 5.91 Å². The van der Waals surface area contributed by atoms with Crippen molar-refractivity contribution in [1.29, 1.82) is 0 Å². The highest BCUT2D eigenvalue weighted by Crippen LogP contribution is 2.18. The number of rotatable bonds is 6. The molecule has 3 rings (SSSR count). The Morgan fingerprint density at radius 3 is 2.42 bits per heavy atom. The largest absolute Gasteiger partial charge is 0.507 e. The number of amides is 1. The van der Waals surface area contributed by atoms with Gasteiger partial charge >= 0.3 is 0 Å². The van der Waals surface area contributed by atoms with E-state index in [1.165, 1.54) is 5.56 Å². The Hall–Kier alpha value is -2.37. The van der Waals surface area contributed by atoms with Gasteiger partial charge in [-0.25, -0.2) is 0 Å². The van der Waals surface area contributed by atoms with Gasteiger partial charge in [-0.2, -0.15) is 0 Å². The molecule has 0 aromatic heterocycles. The maximum atomic E-state index is 12.2. The molecule has 0 radical (unpaired) electrons. The number of piperazine rings is 1. The molecule has 2 aromatic rings. The number of carbonyl (C=O) groups excluding carboxylic acids is 1. The molecule has 0 aliphatic carbocycles. The zero-order chi connectivity index (χ0) is 18.4. The quantitative estimate of drug-likeness (QED) is 0.836. The van der Waals surface area contributed by atoms with E-state index in [-0.39, 0.29) is 11.7 Å². The minimum Gasteiger partial charge on any atom is -0.507 e. The van der Waals surface area contributed by atoms with Crippen LogP contribution < -0.4 is 5.32 Å². The third kappa shape index (κ3) is 5.07. The summed E-state index contributed by atoms with van der Waals surface area (Å²) in [7, 11) is 0. The van der Waals surface area contributed by atoms with E-state index >= 15 is 0 Å². The minimum absolute atomic E-state index is 0.0389. The summed E-state index contributed by atoms with van der Waals surface area (Å²) in [4.78, 5) is 17.0. The fraction of sp³-hybridized carbons (Fsp3) is 0.381. The molecular formula is C21H27N3O2. The Labute approximate surface area is 155 Å². The number of carbonyl (C=O) groups is 1. The van der Waals surface area contributed by atoms with Crippen LogP contribution in [0.25, 0.3) is 0 Å². The molecule has 1 heterocycles. The van der Waals surface area contributed by atoms with Gasteiger partial charge in [0.05, 0.1) is 5.56 Å². The van der Waals surface area contributed by atoms with Crippen LogP contribution in [0, 0.1) is 6.92 Å². The molecule has 2 N–H and O–H groups in total. The van der Waals surface area contributed by atoms with Crippen LogP contribution in [-0.4, -0.2) is 60.1 Å². The third-order valence-electron chi connectivity index (χ3n) is 4.83. The Bertz CT molecular complexity index is 725. The first-order chi connectivity index (χ1) is 12.6. The van der Waals surface area contributed by atoms with Crippen LogP contribution in [0.15, 0.2) is 48.5 Å². The van der Waals surface area contributed by atoms with Crippen molar-refractivity contribution in [1.82, 2.24) is 15.1 Å². The van der Waals surface area contributed by atoms with Crippen LogP contribution in [0.3, 0.4) is 0 Å². The molecule has 5 nitrogen and oxygen atoms in total. The maximum absolute atomic E-state index is 12.2. The number of aryl methyl sites for hydroxylation is 1. The highest BCUT2D eigenvalue weighted by molar-refractivity contribution is 5.96. The summed E-state index contributed by atoms with van der Waals surface area (Å²) in [5.41, 5.74) is 2.63. The van der Waals surface area contributed by atoms with Crippen LogP contribution >= 0.6 is 0 Å². The first kappa shape index (κ1) is 18.4. The first-order valence-corrected chi connectivity index (χ1v) is 9.18. The van der Waals surface area contributed by atoms with Crippen molar-refractivity contribution in [2.24, 2.45) is 0 Å². The van der Waals surface area contributed by atoms with Crippen LogP contribution in [0.4, 0.5) is 0 Å². The van der Waals surface area contributed by atoms with E-state index in [2.05, 4.69) is 39.4 Å². The summed E-state index contributed by atoms with van der Waals surface area (Å²) in [5, 5.41) is 12.8. The van der Waals surface area contributed by atoms with Crippen LogP contribution in [-0.2, 0) is 6.54 Å². The van der Waals surface area contributed by atoms with Crippen molar-refractivity contribution in [3.05, 3.63) is 65.2 Å². The van der Waals surface area contributed by atoms with E-state index in [0.29, 0.717) is 12.1 Å². The monoisotopic (exact) mass is 353 g/mol. The Kier molecular flexibility index (Phi) is 6.26. The summed E-state index contributed by atoms with van der Waals surface area (Å²) in [5.74, 6) is -0.178. The molecule has 5 heteroatoms. The number of phenols is 1. The van der Waals surface area contributed by atoms with Gasteiger partial charge in [-0.05, 0) is 30.2 Å².